The summed E-state index contributed by atoms with van der Waals surface area (Å²) in [4.78, 5) is 4.76. The summed E-state index contributed by atoms with van der Waals surface area (Å²) in [5.41, 5.74) is 5.41. The van der Waals surface area contributed by atoms with Crippen LogP contribution >= 0.6 is 0 Å². The molecule has 0 bridgehead atoms. The van der Waals surface area contributed by atoms with Crippen LogP contribution in [0.4, 0.5) is 13.2 Å². The minimum absolute atomic E-state index is 0.0219. The summed E-state index contributed by atoms with van der Waals surface area (Å²) in [6, 6.07) is 22.1. The average molecular weight is 582 g/mol. The molecule has 5 aromatic rings. The summed E-state index contributed by atoms with van der Waals surface area (Å²) in [6.07, 6.45) is 3.63. The van der Waals surface area contributed by atoms with Crippen molar-refractivity contribution in [1.82, 2.24) is 15.6 Å². The van der Waals surface area contributed by atoms with Crippen molar-refractivity contribution in [2.45, 2.75) is 25.0 Å². The Bertz CT molecular complexity index is 1780. The standard InChI is InChI=1S/C35H30F3N3O2/c36-26-5-1-21(2-6-26)29-14-22(4-8-34(29)42-27-9-11-39-19-27)25-13-24-15-30(23-3-7-31(37)32(38)16-23)35(17-33(24)41-18-25)43-28-10-12-40-20-28/h1-8,13-18,27-28,39-40H,9-12,19-20H2. The van der Waals surface area contributed by atoms with Gasteiger partial charge in [0.15, 0.2) is 11.6 Å². The maximum atomic E-state index is 14.3. The topological polar surface area (TPSA) is 55.4 Å². The highest BCUT2D eigenvalue weighted by Gasteiger charge is 2.21. The summed E-state index contributed by atoms with van der Waals surface area (Å²) >= 11 is 0. The molecule has 218 valence electrons. The summed E-state index contributed by atoms with van der Waals surface area (Å²) in [5, 5.41) is 7.45. The number of hydrogen-bond acceptors (Lipinski definition) is 5. The zero-order valence-corrected chi connectivity index (χ0v) is 23.4. The van der Waals surface area contributed by atoms with E-state index >= 15 is 0 Å². The van der Waals surface area contributed by atoms with Gasteiger partial charge in [-0.15, -0.1) is 0 Å². The molecule has 1 aromatic heterocycles. The molecule has 2 N–H and O–H groups in total. The van der Waals surface area contributed by atoms with Gasteiger partial charge in [0.25, 0.3) is 0 Å². The van der Waals surface area contributed by atoms with E-state index in [2.05, 4.69) is 10.6 Å². The largest absolute Gasteiger partial charge is 0.488 e. The van der Waals surface area contributed by atoms with Crippen LogP contribution in [0.25, 0.3) is 44.3 Å². The lowest BCUT2D eigenvalue weighted by Crippen LogP contribution is -2.20. The van der Waals surface area contributed by atoms with Crippen LogP contribution in [0, 0.1) is 17.5 Å². The van der Waals surface area contributed by atoms with E-state index in [9.17, 15) is 13.2 Å². The second-order valence-corrected chi connectivity index (χ2v) is 11.1. The predicted octanol–water partition coefficient (Wildman–Crippen LogP) is 7.13. The SMILES string of the molecule is Fc1ccc(-c2cc(-c3cnc4cc(OC5CCNC5)c(-c5ccc(F)c(F)c5)cc4c3)ccc2OC2CCNC2)cc1. The Kier molecular flexibility index (Phi) is 7.47. The molecule has 2 fully saturated rings. The summed E-state index contributed by atoms with van der Waals surface area (Å²) < 4.78 is 54.5. The fourth-order valence-corrected chi connectivity index (χ4v) is 5.79. The normalized spacial score (nSPS) is 18.3. The van der Waals surface area contributed by atoms with E-state index in [1.54, 1.807) is 18.2 Å². The molecule has 2 unspecified atom stereocenters. The van der Waals surface area contributed by atoms with Crippen molar-refractivity contribution >= 4 is 10.9 Å². The molecule has 8 heteroatoms. The molecule has 43 heavy (non-hydrogen) atoms. The zero-order chi connectivity index (χ0) is 29.3. The fraction of sp³-hybridized carbons (Fsp3) is 0.229. The second-order valence-electron chi connectivity index (χ2n) is 11.1. The van der Waals surface area contributed by atoms with Gasteiger partial charge in [0.1, 0.15) is 29.5 Å². The molecule has 0 spiro atoms. The van der Waals surface area contributed by atoms with Crippen LogP contribution in [0.5, 0.6) is 11.5 Å². The summed E-state index contributed by atoms with van der Waals surface area (Å²) in [5.74, 6) is -0.799. The average Bonchev–Trinajstić information content (AvgIpc) is 3.74. The van der Waals surface area contributed by atoms with Crippen molar-refractivity contribution < 1.29 is 22.6 Å². The molecule has 0 radical (unpaired) electrons. The van der Waals surface area contributed by atoms with Crippen LogP contribution in [-0.4, -0.2) is 43.4 Å². The number of nitrogens with one attached hydrogen (secondary N) is 2. The Balaban J connectivity index is 1.30. The Morgan fingerprint density at radius 1 is 0.605 bits per heavy atom. The van der Waals surface area contributed by atoms with Gasteiger partial charge in [-0.25, -0.2) is 13.2 Å². The van der Waals surface area contributed by atoms with Crippen molar-refractivity contribution in [3.05, 3.63) is 103 Å². The Labute approximate surface area is 247 Å². The maximum absolute atomic E-state index is 14.3. The fourth-order valence-electron chi connectivity index (χ4n) is 5.79. The number of hydrogen-bond donors (Lipinski definition) is 2. The van der Waals surface area contributed by atoms with Gasteiger partial charge >= 0.3 is 0 Å². The van der Waals surface area contributed by atoms with Crippen molar-refractivity contribution in [2.75, 3.05) is 26.2 Å². The van der Waals surface area contributed by atoms with E-state index in [1.165, 1.54) is 18.2 Å². The molecule has 2 saturated heterocycles. The highest BCUT2D eigenvalue weighted by Crippen LogP contribution is 2.39. The lowest BCUT2D eigenvalue weighted by Gasteiger charge is -2.18. The van der Waals surface area contributed by atoms with Gasteiger partial charge < -0.3 is 20.1 Å². The molecular weight excluding hydrogens is 551 g/mol. The van der Waals surface area contributed by atoms with E-state index < -0.39 is 11.6 Å². The van der Waals surface area contributed by atoms with Crippen LogP contribution in [0.3, 0.4) is 0 Å². The van der Waals surface area contributed by atoms with Crippen LogP contribution < -0.4 is 20.1 Å². The number of nitrogens with zero attached hydrogens (tertiary/aromatic N) is 1. The number of pyridine rings is 1. The summed E-state index contributed by atoms with van der Waals surface area (Å²) in [7, 11) is 0. The maximum Gasteiger partial charge on any atom is 0.159 e. The molecule has 2 aliphatic heterocycles. The first-order valence-electron chi connectivity index (χ1n) is 14.5. The molecule has 4 aromatic carbocycles. The lowest BCUT2D eigenvalue weighted by molar-refractivity contribution is 0.224. The van der Waals surface area contributed by atoms with E-state index in [1.807, 2.05) is 42.6 Å². The molecule has 0 saturated carbocycles. The third kappa shape index (κ3) is 5.81. The van der Waals surface area contributed by atoms with E-state index in [4.69, 9.17) is 14.5 Å². The van der Waals surface area contributed by atoms with Gasteiger partial charge in [-0.3, -0.25) is 4.98 Å². The van der Waals surface area contributed by atoms with Gasteiger partial charge in [0.2, 0.25) is 0 Å². The molecule has 0 amide bonds. The quantitative estimate of drug-likeness (QED) is 0.214. The first kappa shape index (κ1) is 27.4. The van der Waals surface area contributed by atoms with Crippen LogP contribution in [-0.2, 0) is 0 Å². The first-order valence-corrected chi connectivity index (χ1v) is 14.5. The van der Waals surface area contributed by atoms with Crippen LogP contribution in [0.2, 0.25) is 0 Å². The van der Waals surface area contributed by atoms with Gasteiger partial charge in [-0.1, -0.05) is 24.3 Å². The molecule has 3 heterocycles. The minimum Gasteiger partial charge on any atom is -0.488 e. The number of fused-ring (bicyclic) bond motifs is 1. The van der Waals surface area contributed by atoms with E-state index in [0.29, 0.717) is 16.9 Å². The summed E-state index contributed by atoms with van der Waals surface area (Å²) in [6.45, 7) is 3.27. The van der Waals surface area contributed by atoms with Gasteiger partial charge in [0, 0.05) is 47.4 Å². The lowest BCUT2D eigenvalue weighted by atomic mass is 9.97. The Morgan fingerprint density at radius 3 is 1.98 bits per heavy atom. The third-order valence-electron chi connectivity index (χ3n) is 8.10. The van der Waals surface area contributed by atoms with E-state index in [0.717, 1.165) is 84.0 Å². The first-order chi connectivity index (χ1) is 21.0. The van der Waals surface area contributed by atoms with Crippen molar-refractivity contribution in [1.29, 1.82) is 0 Å². The Hall–Kier alpha value is -4.40. The number of rotatable bonds is 7. The second kappa shape index (κ2) is 11.7. The zero-order valence-electron chi connectivity index (χ0n) is 23.4. The molecule has 2 aliphatic rings. The van der Waals surface area contributed by atoms with E-state index in [-0.39, 0.29) is 18.0 Å². The van der Waals surface area contributed by atoms with Crippen LogP contribution in [0.15, 0.2) is 85.1 Å². The van der Waals surface area contributed by atoms with Gasteiger partial charge in [-0.2, -0.15) is 0 Å². The van der Waals surface area contributed by atoms with Crippen LogP contribution in [0.1, 0.15) is 12.8 Å². The van der Waals surface area contributed by atoms with Gasteiger partial charge in [0.05, 0.1) is 5.52 Å². The van der Waals surface area contributed by atoms with Crippen molar-refractivity contribution in [3.63, 3.8) is 0 Å². The number of aromatic nitrogens is 1. The highest BCUT2D eigenvalue weighted by atomic mass is 19.2. The van der Waals surface area contributed by atoms with Crippen molar-refractivity contribution in [3.8, 4) is 44.9 Å². The molecule has 7 rings (SSSR count). The third-order valence-corrected chi connectivity index (χ3v) is 8.10. The highest BCUT2D eigenvalue weighted by molar-refractivity contribution is 5.91. The molecule has 5 nitrogen and oxygen atoms in total. The molecule has 2 atom stereocenters. The number of halogens is 3. The molecular formula is C35H30F3N3O2. The van der Waals surface area contributed by atoms with Gasteiger partial charge in [-0.05, 0) is 91.2 Å². The smallest absolute Gasteiger partial charge is 0.159 e. The number of ether oxygens (including phenoxy) is 2. The van der Waals surface area contributed by atoms with Crippen molar-refractivity contribution in [2.24, 2.45) is 0 Å². The molecule has 0 aliphatic carbocycles. The number of benzene rings is 4. The Morgan fingerprint density at radius 2 is 1.28 bits per heavy atom. The monoisotopic (exact) mass is 581 g/mol. The minimum atomic E-state index is -0.915. The predicted molar refractivity (Wildman–Crippen MR) is 162 cm³/mol.